The predicted molar refractivity (Wildman–Crippen MR) is 93.3 cm³/mol. The lowest BCUT2D eigenvalue weighted by Gasteiger charge is -2.38. The van der Waals surface area contributed by atoms with E-state index in [-0.39, 0.29) is 12.1 Å². The predicted octanol–water partition coefficient (Wildman–Crippen LogP) is 5.62. The van der Waals surface area contributed by atoms with Crippen LogP contribution in [0.2, 0.25) is 0 Å². The molecule has 0 spiro atoms. The average Bonchev–Trinajstić information content (AvgIpc) is 2.62. The Kier molecular flexibility index (Phi) is 5.75. The highest BCUT2D eigenvalue weighted by molar-refractivity contribution is 5.89. The van der Waals surface area contributed by atoms with E-state index in [4.69, 9.17) is 4.74 Å². The Morgan fingerprint density at radius 2 is 1.52 bits per heavy atom. The lowest BCUT2D eigenvalue weighted by atomic mass is 9.73. The van der Waals surface area contributed by atoms with Crippen molar-refractivity contribution >= 4 is 5.97 Å². The van der Waals surface area contributed by atoms with E-state index >= 15 is 0 Å². The monoisotopic (exact) mass is 314 g/mol. The van der Waals surface area contributed by atoms with Crippen LogP contribution in [0.25, 0.3) is 0 Å². The van der Waals surface area contributed by atoms with E-state index in [1.165, 1.54) is 57.8 Å². The van der Waals surface area contributed by atoms with Crippen LogP contribution in [0, 0.1) is 17.8 Å². The Bertz CT molecular complexity index is 482. The third kappa shape index (κ3) is 4.37. The van der Waals surface area contributed by atoms with Gasteiger partial charge in [-0.3, -0.25) is 0 Å². The first kappa shape index (κ1) is 16.5. The number of carbonyl (C=O) groups is 1. The first-order chi connectivity index (χ1) is 11.2. The van der Waals surface area contributed by atoms with Gasteiger partial charge in [-0.05, 0) is 55.6 Å². The molecule has 1 atom stereocenters. The zero-order chi connectivity index (χ0) is 16.1. The summed E-state index contributed by atoms with van der Waals surface area (Å²) >= 11 is 0. The highest BCUT2D eigenvalue weighted by Crippen LogP contribution is 2.39. The summed E-state index contributed by atoms with van der Waals surface area (Å²) in [6, 6.07) is 9.49. The molecule has 1 aromatic carbocycles. The van der Waals surface area contributed by atoms with E-state index in [0.717, 1.165) is 5.92 Å². The molecule has 2 nitrogen and oxygen atoms in total. The Morgan fingerprint density at radius 1 is 0.913 bits per heavy atom. The van der Waals surface area contributed by atoms with Crippen molar-refractivity contribution in [2.45, 2.75) is 70.8 Å². The third-order valence-corrected chi connectivity index (χ3v) is 5.89. The van der Waals surface area contributed by atoms with Gasteiger partial charge in [0, 0.05) is 0 Å². The van der Waals surface area contributed by atoms with Crippen LogP contribution in [0.5, 0.6) is 0 Å². The van der Waals surface area contributed by atoms with Crippen LogP contribution in [0.1, 0.15) is 75.1 Å². The summed E-state index contributed by atoms with van der Waals surface area (Å²) < 4.78 is 6.11. The summed E-state index contributed by atoms with van der Waals surface area (Å²) in [5, 5.41) is 0. The molecule has 0 aromatic heterocycles. The number of hydrogen-bond acceptors (Lipinski definition) is 2. The molecule has 0 saturated heterocycles. The zero-order valence-electron chi connectivity index (χ0n) is 14.4. The molecular formula is C21H30O2. The van der Waals surface area contributed by atoms with Gasteiger partial charge in [0.2, 0.25) is 0 Å². The summed E-state index contributed by atoms with van der Waals surface area (Å²) in [5.74, 6) is 1.86. The first-order valence-electron chi connectivity index (χ1n) is 9.50. The van der Waals surface area contributed by atoms with Crippen molar-refractivity contribution in [1.29, 1.82) is 0 Å². The van der Waals surface area contributed by atoms with Crippen LogP contribution in [0.4, 0.5) is 0 Å². The van der Waals surface area contributed by atoms with Crippen LogP contribution >= 0.6 is 0 Å². The Labute approximate surface area is 140 Å². The second-order valence-electron chi connectivity index (χ2n) is 7.65. The van der Waals surface area contributed by atoms with Gasteiger partial charge >= 0.3 is 5.97 Å². The minimum atomic E-state index is -0.125. The molecule has 126 valence electrons. The molecule has 2 heteroatoms. The second-order valence-corrected chi connectivity index (χ2v) is 7.65. The lowest BCUT2D eigenvalue weighted by molar-refractivity contribution is -0.0258. The molecule has 0 radical (unpaired) electrons. The van der Waals surface area contributed by atoms with E-state index in [2.05, 4.69) is 6.92 Å². The topological polar surface area (TPSA) is 26.3 Å². The van der Waals surface area contributed by atoms with Crippen molar-refractivity contribution in [2.75, 3.05) is 0 Å². The van der Waals surface area contributed by atoms with Gasteiger partial charge in [0.25, 0.3) is 0 Å². The lowest BCUT2D eigenvalue weighted by Crippen LogP contribution is -2.37. The minimum absolute atomic E-state index is 0.125. The molecule has 2 saturated carbocycles. The van der Waals surface area contributed by atoms with Crippen molar-refractivity contribution in [3.05, 3.63) is 35.9 Å². The van der Waals surface area contributed by atoms with Gasteiger partial charge in [0.1, 0.15) is 6.10 Å². The summed E-state index contributed by atoms with van der Waals surface area (Å²) in [6.07, 6.45) is 11.6. The maximum Gasteiger partial charge on any atom is 0.338 e. The molecular weight excluding hydrogens is 284 g/mol. The largest absolute Gasteiger partial charge is 0.458 e. The SMILES string of the molecule is CC1CCC(C(OC(=O)c2ccccc2)C2CCCCC2)CC1. The highest BCUT2D eigenvalue weighted by atomic mass is 16.5. The van der Waals surface area contributed by atoms with Gasteiger partial charge in [0.15, 0.2) is 0 Å². The summed E-state index contributed by atoms with van der Waals surface area (Å²) in [6.45, 7) is 2.35. The van der Waals surface area contributed by atoms with Crippen LogP contribution in [-0.4, -0.2) is 12.1 Å². The van der Waals surface area contributed by atoms with Gasteiger partial charge in [-0.1, -0.05) is 57.2 Å². The van der Waals surface area contributed by atoms with Crippen molar-refractivity contribution in [3.8, 4) is 0 Å². The summed E-state index contributed by atoms with van der Waals surface area (Å²) in [7, 11) is 0. The van der Waals surface area contributed by atoms with E-state index in [0.29, 0.717) is 17.4 Å². The van der Waals surface area contributed by atoms with Crippen molar-refractivity contribution in [1.82, 2.24) is 0 Å². The van der Waals surface area contributed by atoms with Crippen LogP contribution in [0.15, 0.2) is 30.3 Å². The maximum absolute atomic E-state index is 12.6. The van der Waals surface area contributed by atoms with E-state index < -0.39 is 0 Å². The second kappa shape index (κ2) is 7.99. The first-order valence-corrected chi connectivity index (χ1v) is 9.50. The maximum atomic E-state index is 12.6. The fourth-order valence-corrected chi connectivity index (χ4v) is 4.42. The van der Waals surface area contributed by atoms with Gasteiger partial charge in [0.05, 0.1) is 5.56 Å². The van der Waals surface area contributed by atoms with Crippen LogP contribution in [-0.2, 0) is 4.74 Å². The van der Waals surface area contributed by atoms with Crippen molar-refractivity contribution < 1.29 is 9.53 Å². The molecule has 1 unspecified atom stereocenters. The van der Waals surface area contributed by atoms with Crippen LogP contribution in [0.3, 0.4) is 0 Å². The van der Waals surface area contributed by atoms with E-state index in [9.17, 15) is 4.79 Å². The van der Waals surface area contributed by atoms with Gasteiger partial charge in [-0.25, -0.2) is 4.79 Å². The van der Waals surface area contributed by atoms with E-state index in [1.807, 2.05) is 30.3 Å². The number of esters is 1. The average molecular weight is 314 g/mol. The third-order valence-electron chi connectivity index (χ3n) is 5.89. The standard InChI is InChI=1S/C21H30O2/c1-16-12-14-18(15-13-16)20(17-8-4-2-5-9-17)23-21(22)19-10-6-3-7-11-19/h3,6-7,10-11,16-18,20H,2,4-5,8-9,12-15H2,1H3. The Hall–Kier alpha value is -1.31. The molecule has 2 fully saturated rings. The number of ether oxygens (including phenoxy) is 1. The van der Waals surface area contributed by atoms with Gasteiger partial charge in [-0.2, -0.15) is 0 Å². The normalized spacial score (nSPS) is 27.3. The number of hydrogen-bond donors (Lipinski definition) is 0. The number of carbonyl (C=O) groups excluding carboxylic acids is 1. The van der Waals surface area contributed by atoms with Gasteiger partial charge in [-0.15, -0.1) is 0 Å². The van der Waals surface area contributed by atoms with Crippen molar-refractivity contribution in [3.63, 3.8) is 0 Å². The molecule has 3 rings (SSSR count). The van der Waals surface area contributed by atoms with Gasteiger partial charge < -0.3 is 4.74 Å². The Morgan fingerprint density at radius 3 is 2.17 bits per heavy atom. The number of rotatable bonds is 4. The molecule has 0 amide bonds. The fraction of sp³-hybridized carbons (Fsp3) is 0.667. The smallest absolute Gasteiger partial charge is 0.338 e. The number of benzene rings is 1. The summed E-state index contributed by atoms with van der Waals surface area (Å²) in [4.78, 5) is 12.6. The molecule has 0 aliphatic heterocycles. The summed E-state index contributed by atoms with van der Waals surface area (Å²) in [5.41, 5.74) is 0.692. The molecule has 23 heavy (non-hydrogen) atoms. The quantitative estimate of drug-likeness (QED) is 0.674. The molecule has 0 bridgehead atoms. The molecule has 0 heterocycles. The molecule has 2 aliphatic carbocycles. The zero-order valence-corrected chi connectivity index (χ0v) is 14.4. The Balaban J connectivity index is 1.70. The molecule has 0 N–H and O–H groups in total. The van der Waals surface area contributed by atoms with E-state index in [1.54, 1.807) is 0 Å². The molecule has 1 aromatic rings. The van der Waals surface area contributed by atoms with Crippen molar-refractivity contribution in [2.24, 2.45) is 17.8 Å². The fourth-order valence-electron chi connectivity index (χ4n) is 4.42. The molecule has 2 aliphatic rings. The highest BCUT2D eigenvalue weighted by Gasteiger charge is 2.35. The van der Waals surface area contributed by atoms with Crippen LogP contribution < -0.4 is 0 Å². The minimum Gasteiger partial charge on any atom is -0.458 e.